The van der Waals surface area contributed by atoms with Gasteiger partial charge in [-0.3, -0.25) is 9.59 Å². The Labute approximate surface area is 198 Å². The molecule has 0 aromatic carbocycles. The van der Waals surface area contributed by atoms with E-state index in [0.29, 0.717) is 52.2 Å². The Bertz CT molecular complexity index is 523. The second-order valence-corrected chi connectivity index (χ2v) is 13.3. The van der Waals surface area contributed by atoms with E-state index < -0.39 is 0 Å². The Morgan fingerprint density at radius 1 is 0.656 bits per heavy atom. The van der Waals surface area contributed by atoms with Crippen LogP contribution in [-0.4, -0.2) is 56.2 Å². The lowest BCUT2D eigenvalue weighted by Crippen LogP contribution is -2.35. The monoisotopic (exact) mass is 456 g/mol. The maximum atomic E-state index is 12.3. The van der Waals surface area contributed by atoms with Crippen LogP contribution < -0.4 is 5.73 Å². The molecule has 0 fully saturated rings. The van der Waals surface area contributed by atoms with Gasteiger partial charge in [0.2, 0.25) is 0 Å². The van der Waals surface area contributed by atoms with Gasteiger partial charge in [0.05, 0.1) is 26.1 Å². The molecule has 0 amide bonds. The molecule has 2 N–H and O–H groups in total. The first-order chi connectivity index (χ1) is 14.3. The number of hydrogen-bond donors (Lipinski definition) is 1. The summed E-state index contributed by atoms with van der Waals surface area (Å²) in [6.45, 7) is 24.6. The predicted octanol–water partition coefficient (Wildman–Crippen LogP) is 5.04. The number of hydrogen-bond acceptors (Lipinski definition) is 6. The van der Waals surface area contributed by atoms with Gasteiger partial charge in [0.15, 0.2) is 0 Å². The summed E-state index contributed by atoms with van der Waals surface area (Å²) >= 11 is 0. The van der Waals surface area contributed by atoms with Crippen LogP contribution in [0.5, 0.6) is 0 Å². The van der Waals surface area contributed by atoms with E-state index in [1.165, 1.54) is 0 Å². The fraction of sp³-hybridized carbons (Fsp3) is 0.923. The fourth-order valence-electron chi connectivity index (χ4n) is 4.69. The van der Waals surface area contributed by atoms with Gasteiger partial charge in [0.1, 0.15) is 0 Å². The number of nitrogens with two attached hydrogens (primary N) is 1. The summed E-state index contributed by atoms with van der Waals surface area (Å²) < 4.78 is 11.1. The zero-order valence-corrected chi connectivity index (χ0v) is 22.7. The van der Waals surface area contributed by atoms with E-state index in [1.54, 1.807) is 0 Å². The molecular formula is C26H52N2O4. The van der Waals surface area contributed by atoms with Gasteiger partial charge in [-0.15, -0.1) is 0 Å². The van der Waals surface area contributed by atoms with Crippen LogP contribution in [0, 0.1) is 21.7 Å². The van der Waals surface area contributed by atoms with E-state index in [0.717, 1.165) is 12.8 Å². The minimum Gasteiger partial charge on any atom is -0.465 e. The van der Waals surface area contributed by atoms with E-state index in [-0.39, 0.29) is 33.6 Å². The summed E-state index contributed by atoms with van der Waals surface area (Å²) in [4.78, 5) is 26.5. The van der Waals surface area contributed by atoms with E-state index in [9.17, 15) is 9.59 Å². The highest BCUT2D eigenvalue weighted by Gasteiger charge is 2.28. The maximum absolute atomic E-state index is 12.3. The first-order valence-electron chi connectivity index (χ1n) is 12.1. The second-order valence-electron chi connectivity index (χ2n) is 13.3. The normalized spacial score (nSPS) is 13.4. The van der Waals surface area contributed by atoms with Gasteiger partial charge in [-0.2, -0.15) is 0 Å². The summed E-state index contributed by atoms with van der Waals surface area (Å²) in [5, 5.41) is 0. The fourth-order valence-corrected chi connectivity index (χ4v) is 4.69. The highest BCUT2D eigenvalue weighted by molar-refractivity contribution is 5.70. The molecule has 0 spiro atoms. The molecule has 32 heavy (non-hydrogen) atoms. The lowest BCUT2D eigenvalue weighted by molar-refractivity contribution is -0.147. The van der Waals surface area contributed by atoms with Crippen molar-refractivity contribution < 1.29 is 19.1 Å². The van der Waals surface area contributed by atoms with Crippen LogP contribution in [0.3, 0.4) is 0 Å². The highest BCUT2D eigenvalue weighted by atomic mass is 16.5. The van der Waals surface area contributed by atoms with Crippen LogP contribution in [-0.2, 0) is 19.1 Å². The standard InChI is InChI=1S/C26H52N2O4/c1-23(2,3)17-25(7,8)19-31-21(29)11-14-28(16-13-27)15-12-22(30)32-20-26(9,10)18-24(4,5)6/h11-20,27H2,1-10H3. The van der Waals surface area contributed by atoms with Crippen LogP contribution in [0.1, 0.15) is 94.9 Å². The minimum atomic E-state index is -0.208. The Hall–Kier alpha value is -1.14. The van der Waals surface area contributed by atoms with Crippen LogP contribution in [0.25, 0.3) is 0 Å². The van der Waals surface area contributed by atoms with Gasteiger partial charge in [0.25, 0.3) is 0 Å². The average molecular weight is 457 g/mol. The Balaban J connectivity index is 4.41. The summed E-state index contributed by atoms with van der Waals surface area (Å²) in [5.41, 5.74) is 5.97. The van der Waals surface area contributed by atoms with Crippen LogP contribution in [0.15, 0.2) is 0 Å². The third-order valence-electron chi connectivity index (χ3n) is 4.98. The molecule has 0 bridgehead atoms. The molecule has 0 aliphatic carbocycles. The molecule has 0 unspecified atom stereocenters. The van der Waals surface area contributed by atoms with E-state index >= 15 is 0 Å². The first-order valence-corrected chi connectivity index (χ1v) is 12.1. The van der Waals surface area contributed by atoms with Crippen LogP contribution in [0.2, 0.25) is 0 Å². The van der Waals surface area contributed by atoms with Gasteiger partial charge >= 0.3 is 11.9 Å². The Kier molecular flexibility index (Phi) is 12.5. The van der Waals surface area contributed by atoms with Gasteiger partial charge in [-0.05, 0) is 34.5 Å². The van der Waals surface area contributed by atoms with Crippen molar-refractivity contribution in [3.8, 4) is 0 Å². The van der Waals surface area contributed by atoms with Crippen molar-refractivity contribution in [2.75, 3.05) is 39.4 Å². The molecular weight excluding hydrogens is 404 g/mol. The first kappa shape index (κ1) is 30.9. The summed E-state index contributed by atoms with van der Waals surface area (Å²) in [7, 11) is 0. The smallest absolute Gasteiger partial charge is 0.307 e. The number of rotatable bonds is 14. The SMILES string of the molecule is CC(C)(C)CC(C)(C)COC(=O)CCN(CCN)CCC(=O)OCC(C)(C)CC(C)(C)C. The zero-order valence-electron chi connectivity index (χ0n) is 22.7. The van der Waals surface area contributed by atoms with Crippen LogP contribution in [0.4, 0.5) is 0 Å². The summed E-state index contributed by atoms with van der Waals surface area (Å²) in [6, 6.07) is 0. The molecule has 0 heterocycles. The molecule has 0 saturated carbocycles. The van der Waals surface area contributed by atoms with Gasteiger partial charge < -0.3 is 20.1 Å². The van der Waals surface area contributed by atoms with Crippen molar-refractivity contribution >= 4 is 11.9 Å². The average Bonchev–Trinajstić information content (AvgIpc) is 2.56. The minimum absolute atomic E-state index is 0.0601. The van der Waals surface area contributed by atoms with Crippen molar-refractivity contribution in [2.24, 2.45) is 27.4 Å². The maximum Gasteiger partial charge on any atom is 0.307 e. The van der Waals surface area contributed by atoms with Crippen LogP contribution >= 0.6 is 0 Å². The summed E-state index contributed by atoms with van der Waals surface area (Å²) in [6.07, 6.45) is 2.53. The quantitative estimate of drug-likeness (QED) is 0.369. The van der Waals surface area contributed by atoms with Gasteiger partial charge in [-0.25, -0.2) is 0 Å². The molecule has 0 radical (unpaired) electrons. The largest absolute Gasteiger partial charge is 0.465 e. The number of carbonyl (C=O) groups excluding carboxylic acids is 2. The van der Waals surface area contributed by atoms with Gasteiger partial charge in [0, 0.05) is 26.2 Å². The van der Waals surface area contributed by atoms with Crippen molar-refractivity contribution in [1.29, 1.82) is 0 Å². The van der Waals surface area contributed by atoms with Crippen molar-refractivity contribution in [2.45, 2.75) is 94.9 Å². The molecule has 0 aliphatic rings. The molecule has 0 saturated heterocycles. The molecule has 6 heteroatoms. The van der Waals surface area contributed by atoms with Gasteiger partial charge in [-0.1, -0.05) is 69.2 Å². The van der Waals surface area contributed by atoms with E-state index in [4.69, 9.17) is 15.2 Å². The number of ether oxygens (including phenoxy) is 2. The number of nitrogens with zero attached hydrogens (tertiary/aromatic N) is 1. The van der Waals surface area contributed by atoms with Crippen molar-refractivity contribution in [3.63, 3.8) is 0 Å². The highest BCUT2D eigenvalue weighted by Crippen LogP contribution is 2.34. The predicted molar refractivity (Wildman–Crippen MR) is 132 cm³/mol. The number of esters is 2. The topological polar surface area (TPSA) is 81.9 Å². The lowest BCUT2D eigenvalue weighted by atomic mass is 9.77. The summed E-state index contributed by atoms with van der Waals surface area (Å²) in [5.74, 6) is -0.416. The molecule has 0 rings (SSSR count). The van der Waals surface area contributed by atoms with Crippen molar-refractivity contribution in [3.05, 3.63) is 0 Å². The molecule has 0 aliphatic heterocycles. The molecule has 0 aromatic heterocycles. The Morgan fingerprint density at radius 2 is 1.00 bits per heavy atom. The zero-order chi connectivity index (χ0) is 25.2. The number of carbonyl (C=O) groups is 2. The van der Waals surface area contributed by atoms with E-state index in [2.05, 4.69) is 69.2 Å². The molecule has 0 atom stereocenters. The molecule has 6 nitrogen and oxygen atoms in total. The van der Waals surface area contributed by atoms with E-state index in [1.807, 2.05) is 4.90 Å². The Morgan fingerprint density at radius 3 is 1.28 bits per heavy atom. The molecule has 0 aromatic rings. The lowest BCUT2D eigenvalue weighted by Gasteiger charge is -2.32. The third kappa shape index (κ3) is 17.4. The third-order valence-corrected chi connectivity index (χ3v) is 4.98. The van der Waals surface area contributed by atoms with Crippen molar-refractivity contribution in [1.82, 2.24) is 4.90 Å². The second kappa shape index (κ2) is 12.9. The molecule has 190 valence electrons.